The predicted octanol–water partition coefficient (Wildman–Crippen LogP) is 6.24. The molecule has 100 valence electrons. The van der Waals surface area contributed by atoms with Gasteiger partial charge in [-0.15, -0.1) is 0 Å². The van der Waals surface area contributed by atoms with Gasteiger partial charge < -0.3 is 4.74 Å². The molecule has 0 aliphatic carbocycles. The summed E-state index contributed by atoms with van der Waals surface area (Å²) in [5.74, 6) is 1.53. The summed E-state index contributed by atoms with van der Waals surface area (Å²) in [6.07, 6.45) is 0.872. The highest BCUT2D eigenvalue weighted by Crippen LogP contribution is 2.31. The third kappa shape index (κ3) is 3.65. The van der Waals surface area contributed by atoms with Crippen LogP contribution in [0.4, 0.5) is 0 Å². The molecular formula is C15H13BrCl2O. The SMILES string of the molecule is CCc1cc(Oc2cc(Cl)ccc2CBr)ccc1Cl. The lowest BCUT2D eigenvalue weighted by Crippen LogP contribution is -1.91. The standard InChI is InChI=1S/C15H13BrCl2O/c1-2-10-7-13(5-6-14(10)18)19-15-8-12(17)4-3-11(15)9-16/h3-8H,2,9H2,1H3. The average Bonchev–Trinajstić information content (AvgIpc) is 2.41. The first-order chi connectivity index (χ1) is 9.13. The maximum absolute atomic E-state index is 6.10. The maximum atomic E-state index is 6.10. The Labute approximate surface area is 131 Å². The summed E-state index contributed by atoms with van der Waals surface area (Å²) >= 11 is 15.5. The molecular weight excluding hydrogens is 347 g/mol. The van der Waals surface area contributed by atoms with Crippen LogP contribution in [-0.4, -0.2) is 0 Å². The number of hydrogen-bond acceptors (Lipinski definition) is 1. The van der Waals surface area contributed by atoms with Crippen LogP contribution in [0.25, 0.3) is 0 Å². The molecule has 2 rings (SSSR count). The van der Waals surface area contributed by atoms with Crippen molar-refractivity contribution in [3.8, 4) is 11.5 Å². The zero-order chi connectivity index (χ0) is 13.8. The van der Waals surface area contributed by atoms with E-state index >= 15 is 0 Å². The average molecular weight is 360 g/mol. The molecule has 2 aromatic carbocycles. The van der Waals surface area contributed by atoms with Crippen molar-refractivity contribution in [3.63, 3.8) is 0 Å². The van der Waals surface area contributed by atoms with Gasteiger partial charge in [0.15, 0.2) is 0 Å². The molecule has 0 saturated carbocycles. The van der Waals surface area contributed by atoms with Gasteiger partial charge in [-0.1, -0.05) is 52.1 Å². The van der Waals surface area contributed by atoms with Gasteiger partial charge in [0.05, 0.1) is 0 Å². The van der Waals surface area contributed by atoms with Gasteiger partial charge >= 0.3 is 0 Å². The smallest absolute Gasteiger partial charge is 0.132 e. The van der Waals surface area contributed by atoms with Gasteiger partial charge in [-0.25, -0.2) is 0 Å². The largest absolute Gasteiger partial charge is 0.457 e. The van der Waals surface area contributed by atoms with E-state index in [1.54, 1.807) is 0 Å². The molecule has 0 unspecified atom stereocenters. The van der Waals surface area contributed by atoms with E-state index in [1.165, 1.54) is 0 Å². The lowest BCUT2D eigenvalue weighted by atomic mass is 10.1. The predicted molar refractivity (Wildman–Crippen MR) is 85.0 cm³/mol. The first kappa shape index (κ1) is 14.7. The molecule has 0 amide bonds. The quantitative estimate of drug-likeness (QED) is 0.586. The van der Waals surface area contributed by atoms with Crippen molar-refractivity contribution in [1.82, 2.24) is 0 Å². The Bertz CT molecular complexity index is 584. The second-order valence-electron chi connectivity index (χ2n) is 4.09. The Morgan fingerprint density at radius 3 is 2.53 bits per heavy atom. The van der Waals surface area contributed by atoms with E-state index < -0.39 is 0 Å². The van der Waals surface area contributed by atoms with Gasteiger partial charge in [0.25, 0.3) is 0 Å². The Morgan fingerprint density at radius 2 is 1.84 bits per heavy atom. The summed E-state index contributed by atoms with van der Waals surface area (Å²) in [4.78, 5) is 0. The summed E-state index contributed by atoms with van der Waals surface area (Å²) in [5.41, 5.74) is 2.12. The van der Waals surface area contributed by atoms with Gasteiger partial charge in [-0.3, -0.25) is 0 Å². The Morgan fingerprint density at radius 1 is 1.05 bits per heavy atom. The van der Waals surface area contributed by atoms with Gasteiger partial charge in [-0.05, 0) is 42.3 Å². The van der Waals surface area contributed by atoms with E-state index in [4.69, 9.17) is 27.9 Å². The number of ether oxygens (including phenoxy) is 1. The van der Waals surface area contributed by atoms with Gasteiger partial charge in [-0.2, -0.15) is 0 Å². The third-order valence-corrected chi connectivity index (χ3v) is 4.01. The fourth-order valence-electron chi connectivity index (χ4n) is 1.75. The monoisotopic (exact) mass is 358 g/mol. The van der Waals surface area contributed by atoms with Crippen LogP contribution in [0.2, 0.25) is 10.0 Å². The highest BCUT2D eigenvalue weighted by Gasteiger charge is 2.07. The van der Waals surface area contributed by atoms with Crippen LogP contribution in [-0.2, 0) is 11.8 Å². The molecule has 0 fully saturated rings. The van der Waals surface area contributed by atoms with Crippen LogP contribution in [0.3, 0.4) is 0 Å². The lowest BCUT2D eigenvalue weighted by molar-refractivity contribution is 0.478. The molecule has 0 aromatic heterocycles. The normalized spacial score (nSPS) is 10.5. The Hall–Kier alpha value is -0.700. The molecule has 0 bridgehead atoms. The first-order valence-corrected chi connectivity index (χ1v) is 7.82. The van der Waals surface area contributed by atoms with Crippen molar-refractivity contribution in [2.24, 2.45) is 0 Å². The van der Waals surface area contributed by atoms with Crippen molar-refractivity contribution in [2.75, 3.05) is 0 Å². The fourth-order valence-corrected chi connectivity index (χ4v) is 2.62. The Balaban J connectivity index is 2.33. The van der Waals surface area contributed by atoms with Crippen LogP contribution in [0, 0.1) is 0 Å². The summed E-state index contributed by atoms with van der Waals surface area (Å²) in [6.45, 7) is 2.06. The topological polar surface area (TPSA) is 9.23 Å². The first-order valence-electron chi connectivity index (χ1n) is 5.94. The summed E-state index contributed by atoms with van der Waals surface area (Å²) in [7, 11) is 0. The molecule has 4 heteroatoms. The van der Waals surface area contributed by atoms with Crippen LogP contribution >= 0.6 is 39.1 Å². The van der Waals surface area contributed by atoms with Gasteiger partial charge in [0.2, 0.25) is 0 Å². The minimum atomic E-state index is 0.657. The van der Waals surface area contributed by atoms with Crippen molar-refractivity contribution in [3.05, 3.63) is 57.6 Å². The molecule has 0 aliphatic heterocycles. The molecule has 1 nitrogen and oxygen atoms in total. The molecule has 0 atom stereocenters. The zero-order valence-electron chi connectivity index (χ0n) is 10.4. The van der Waals surface area contributed by atoms with Crippen molar-refractivity contribution in [2.45, 2.75) is 18.7 Å². The molecule has 2 aromatic rings. The van der Waals surface area contributed by atoms with E-state index in [9.17, 15) is 0 Å². The second-order valence-corrected chi connectivity index (χ2v) is 5.50. The molecule has 0 N–H and O–H groups in total. The molecule has 0 heterocycles. The fraction of sp³-hybridized carbons (Fsp3) is 0.200. The van der Waals surface area contributed by atoms with E-state index in [0.29, 0.717) is 10.4 Å². The van der Waals surface area contributed by atoms with E-state index in [2.05, 4.69) is 22.9 Å². The van der Waals surface area contributed by atoms with Gasteiger partial charge in [0, 0.05) is 20.9 Å². The molecule has 0 spiro atoms. The third-order valence-electron chi connectivity index (χ3n) is 2.80. The number of aryl methyl sites for hydroxylation is 1. The van der Waals surface area contributed by atoms with Gasteiger partial charge in [0.1, 0.15) is 11.5 Å². The minimum Gasteiger partial charge on any atom is -0.457 e. The number of alkyl halides is 1. The Kier molecular flexibility index (Phi) is 5.14. The van der Waals surface area contributed by atoms with Crippen molar-refractivity contribution in [1.29, 1.82) is 0 Å². The number of benzene rings is 2. The summed E-state index contributed by atoms with van der Waals surface area (Å²) in [5, 5.41) is 2.14. The minimum absolute atomic E-state index is 0.657. The van der Waals surface area contributed by atoms with Crippen LogP contribution in [0.15, 0.2) is 36.4 Å². The second kappa shape index (κ2) is 6.65. The highest BCUT2D eigenvalue weighted by atomic mass is 79.9. The van der Waals surface area contributed by atoms with Crippen molar-refractivity contribution >= 4 is 39.1 Å². The lowest BCUT2D eigenvalue weighted by Gasteiger charge is -2.11. The van der Waals surface area contributed by atoms with Crippen LogP contribution in [0.5, 0.6) is 11.5 Å². The number of halogens is 3. The summed E-state index contributed by atoms with van der Waals surface area (Å²) in [6, 6.07) is 11.3. The maximum Gasteiger partial charge on any atom is 0.132 e. The number of hydrogen-bond donors (Lipinski definition) is 0. The van der Waals surface area contributed by atoms with Crippen molar-refractivity contribution < 1.29 is 4.74 Å². The van der Waals surface area contributed by atoms with E-state index in [1.807, 2.05) is 36.4 Å². The van der Waals surface area contributed by atoms with Crippen LogP contribution in [0.1, 0.15) is 18.1 Å². The van der Waals surface area contributed by atoms with Crippen LogP contribution < -0.4 is 4.74 Å². The highest BCUT2D eigenvalue weighted by molar-refractivity contribution is 9.08. The molecule has 0 radical (unpaired) electrons. The molecule has 0 saturated heterocycles. The number of rotatable bonds is 4. The summed E-state index contributed by atoms with van der Waals surface area (Å²) < 4.78 is 5.91. The zero-order valence-corrected chi connectivity index (χ0v) is 13.5. The molecule has 0 aliphatic rings. The van der Waals surface area contributed by atoms with E-state index in [0.717, 1.165) is 34.1 Å². The van der Waals surface area contributed by atoms with E-state index in [-0.39, 0.29) is 0 Å². The molecule has 19 heavy (non-hydrogen) atoms.